The zero-order chi connectivity index (χ0) is 44.8. The number of hydrogen-bond donors (Lipinski definition) is 0. The highest BCUT2D eigenvalue weighted by Crippen LogP contribution is 2.48. The highest BCUT2D eigenvalue weighted by atomic mass is 32.1. The number of hydrogen-bond acceptors (Lipinski definition) is 3. The molecule has 3 aromatic heterocycles. The Kier molecular flexibility index (Phi) is 7.85. The van der Waals surface area contributed by atoms with E-state index in [0.717, 1.165) is 72.9 Å². The van der Waals surface area contributed by atoms with Crippen LogP contribution in [-0.2, 0) is 0 Å². The molecule has 6 heteroatoms. The van der Waals surface area contributed by atoms with Crippen LogP contribution in [0.2, 0.25) is 0 Å². The van der Waals surface area contributed by atoms with Crippen LogP contribution < -0.4 is 25.9 Å². The van der Waals surface area contributed by atoms with Gasteiger partial charge in [-0.25, -0.2) is 0 Å². The maximum atomic E-state index is 7.34. The van der Waals surface area contributed by atoms with Crippen molar-refractivity contribution in [2.24, 2.45) is 0 Å². The molecule has 2 aliphatic heterocycles. The van der Waals surface area contributed by atoms with E-state index in [0.29, 0.717) is 0 Å². The number of aryl methyl sites for hydroxylation is 2. The largest absolute Gasteiger partial charge is 0.458 e. The SMILES string of the molecule is Cc1cc(-c2ccccc2)c2c(c1)c1cc(C)c3c4ccccc4sc3c1n2-c1ccc2c(c1)Oc1cc(-n3c4ccccc4c4ccccc43)cc3c1B2c1ccc(-c2ccccc2)cc1O3. The Bertz CT molecular complexity index is 4240. The molecule has 0 saturated carbocycles. The second kappa shape index (κ2) is 14.1. The first kappa shape index (κ1) is 37.9. The van der Waals surface area contributed by atoms with E-state index in [1.54, 1.807) is 0 Å². The zero-order valence-electron chi connectivity index (χ0n) is 37.2. The van der Waals surface area contributed by atoms with Crippen molar-refractivity contribution in [3.63, 3.8) is 0 Å². The van der Waals surface area contributed by atoms with Gasteiger partial charge in [0.1, 0.15) is 23.0 Å². The van der Waals surface area contributed by atoms with E-state index in [2.05, 4.69) is 223 Å². The monoisotopic (exact) mass is 886 g/mol. The summed E-state index contributed by atoms with van der Waals surface area (Å²) in [5.74, 6) is 3.31. The van der Waals surface area contributed by atoms with Crippen LogP contribution in [0.15, 0.2) is 200 Å². The van der Waals surface area contributed by atoms with Gasteiger partial charge in [0.2, 0.25) is 0 Å². The molecule has 0 aliphatic carbocycles. The summed E-state index contributed by atoms with van der Waals surface area (Å²) >= 11 is 1.89. The molecule has 4 nitrogen and oxygen atoms in total. The molecular weight excluding hydrogens is 848 g/mol. The minimum absolute atomic E-state index is 0.115. The van der Waals surface area contributed by atoms with Crippen molar-refractivity contribution < 1.29 is 9.47 Å². The van der Waals surface area contributed by atoms with Gasteiger partial charge in [0, 0.05) is 71.9 Å². The van der Waals surface area contributed by atoms with Gasteiger partial charge in [0.25, 0.3) is 6.71 Å². The summed E-state index contributed by atoms with van der Waals surface area (Å²) in [7, 11) is 0. The summed E-state index contributed by atoms with van der Waals surface area (Å²) in [4.78, 5) is 0. The van der Waals surface area contributed by atoms with Crippen LogP contribution in [-0.4, -0.2) is 15.8 Å². The molecule has 318 valence electrons. The molecule has 2 aliphatic rings. The van der Waals surface area contributed by atoms with Gasteiger partial charge in [-0.1, -0.05) is 133 Å². The Morgan fingerprint density at radius 1 is 0.426 bits per heavy atom. The van der Waals surface area contributed by atoms with Crippen molar-refractivity contribution in [1.82, 2.24) is 9.13 Å². The normalized spacial score (nSPS) is 12.8. The topological polar surface area (TPSA) is 28.3 Å². The number of thiophene rings is 1. The van der Waals surface area contributed by atoms with E-state index in [1.165, 1.54) is 75.0 Å². The Balaban J connectivity index is 1.01. The molecule has 0 amide bonds. The fourth-order valence-electron chi connectivity index (χ4n) is 11.7. The molecule has 0 radical (unpaired) electrons. The van der Waals surface area contributed by atoms with Crippen molar-refractivity contribution in [2.45, 2.75) is 13.8 Å². The average molecular weight is 887 g/mol. The summed E-state index contributed by atoms with van der Waals surface area (Å²) in [6, 6.07) is 72.9. The second-order valence-electron chi connectivity index (χ2n) is 18.5. The molecule has 0 bridgehead atoms. The fraction of sp³-hybridized carbons (Fsp3) is 0.0323. The van der Waals surface area contributed by atoms with Crippen molar-refractivity contribution >= 4 is 98.2 Å². The van der Waals surface area contributed by atoms with Crippen molar-refractivity contribution in [3.05, 3.63) is 211 Å². The smallest absolute Gasteiger partial charge is 0.260 e. The van der Waals surface area contributed by atoms with Crippen LogP contribution in [0.5, 0.6) is 23.0 Å². The molecular formula is C62H39BN2O2S. The molecule has 0 unspecified atom stereocenters. The third kappa shape index (κ3) is 5.32. The number of para-hydroxylation sites is 2. The number of benzene rings is 10. The van der Waals surface area contributed by atoms with Gasteiger partial charge in [0.05, 0.1) is 32.5 Å². The lowest BCUT2D eigenvalue weighted by molar-refractivity contribution is 0.464. The van der Waals surface area contributed by atoms with Gasteiger partial charge < -0.3 is 18.6 Å². The fourth-order valence-corrected chi connectivity index (χ4v) is 13.0. The van der Waals surface area contributed by atoms with Crippen LogP contribution in [0.3, 0.4) is 0 Å². The summed E-state index contributed by atoms with van der Waals surface area (Å²) in [6.45, 7) is 4.38. The van der Waals surface area contributed by atoms with Crippen LogP contribution in [0.1, 0.15) is 11.1 Å². The molecule has 10 aromatic carbocycles. The number of aromatic nitrogens is 2. The highest BCUT2D eigenvalue weighted by Gasteiger charge is 2.41. The number of fused-ring (bicyclic) bond motifs is 14. The van der Waals surface area contributed by atoms with Gasteiger partial charge in [0.15, 0.2) is 0 Å². The summed E-state index contributed by atoms with van der Waals surface area (Å²) < 4.78 is 21.9. The molecule has 15 rings (SSSR count). The summed E-state index contributed by atoms with van der Waals surface area (Å²) in [5.41, 5.74) is 17.2. The molecule has 68 heavy (non-hydrogen) atoms. The number of nitrogens with zero attached hydrogens (tertiary/aromatic N) is 2. The number of ether oxygens (including phenoxy) is 2. The van der Waals surface area contributed by atoms with Crippen molar-refractivity contribution in [2.75, 3.05) is 0 Å². The van der Waals surface area contributed by atoms with Gasteiger partial charge in [-0.15, -0.1) is 11.3 Å². The molecule has 0 spiro atoms. The Morgan fingerprint density at radius 2 is 1.01 bits per heavy atom. The highest BCUT2D eigenvalue weighted by molar-refractivity contribution is 7.26. The minimum atomic E-state index is -0.115. The molecule has 0 N–H and O–H groups in total. The van der Waals surface area contributed by atoms with Crippen LogP contribution in [0, 0.1) is 13.8 Å². The maximum absolute atomic E-state index is 7.34. The molecule has 0 fully saturated rings. The summed E-state index contributed by atoms with van der Waals surface area (Å²) in [6.07, 6.45) is 0. The van der Waals surface area contributed by atoms with Gasteiger partial charge in [-0.3, -0.25) is 0 Å². The van der Waals surface area contributed by atoms with E-state index in [1.807, 2.05) is 11.3 Å². The Labute approximate surface area is 396 Å². The van der Waals surface area contributed by atoms with E-state index in [9.17, 15) is 0 Å². The lowest BCUT2D eigenvalue weighted by Gasteiger charge is -2.34. The van der Waals surface area contributed by atoms with Crippen LogP contribution in [0.4, 0.5) is 0 Å². The third-order valence-corrected chi connectivity index (χ3v) is 15.7. The van der Waals surface area contributed by atoms with E-state index in [-0.39, 0.29) is 6.71 Å². The Morgan fingerprint density at radius 3 is 1.74 bits per heavy atom. The first-order chi connectivity index (χ1) is 33.5. The first-order valence-corrected chi connectivity index (χ1v) is 24.2. The van der Waals surface area contributed by atoms with E-state index < -0.39 is 0 Å². The lowest BCUT2D eigenvalue weighted by Crippen LogP contribution is -2.57. The van der Waals surface area contributed by atoms with Gasteiger partial charge in [-0.05, 0) is 101 Å². The van der Waals surface area contributed by atoms with Crippen LogP contribution in [0.25, 0.3) is 97.4 Å². The van der Waals surface area contributed by atoms with E-state index in [4.69, 9.17) is 9.47 Å². The van der Waals surface area contributed by atoms with Crippen molar-refractivity contribution in [1.29, 1.82) is 0 Å². The third-order valence-electron chi connectivity index (χ3n) is 14.6. The van der Waals surface area contributed by atoms with Crippen LogP contribution >= 0.6 is 11.3 Å². The maximum Gasteiger partial charge on any atom is 0.260 e. The van der Waals surface area contributed by atoms with Crippen molar-refractivity contribution in [3.8, 4) is 56.6 Å². The molecule has 0 saturated heterocycles. The van der Waals surface area contributed by atoms with Gasteiger partial charge in [-0.2, -0.15) is 0 Å². The zero-order valence-corrected chi connectivity index (χ0v) is 38.1. The molecule has 5 heterocycles. The first-order valence-electron chi connectivity index (χ1n) is 23.3. The summed E-state index contributed by atoms with van der Waals surface area (Å²) in [5, 5.41) is 7.55. The quantitative estimate of drug-likeness (QED) is 0.165. The second-order valence-corrected chi connectivity index (χ2v) is 19.6. The minimum Gasteiger partial charge on any atom is -0.458 e. The predicted molar refractivity (Wildman–Crippen MR) is 286 cm³/mol. The standard InChI is InChI=1S/C62H39BN2O2S/c1-36-29-46(39-17-7-4-8-18-39)60-47(30-36)48-31-37(2)58-45-21-11-14-24-57(45)68-62(58)61(48)65(60)41-26-28-50-54(33-41)67-56-35-42(64-51-22-12-9-19-43(51)44-20-10-13-23-52(44)64)34-55-59(56)63(50)49-27-25-40(32-53(49)66-55)38-15-5-3-6-16-38/h3-35H,1-2H3. The predicted octanol–water partition coefficient (Wildman–Crippen LogP) is 14.9. The molecule has 0 atom stereocenters. The van der Waals surface area contributed by atoms with E-state index >= 15 is 0 Å². The number of rotatable bonds is 4. The van der Waals surface area contributed by atoms with Gasteiger partial charge >= 0.3 is 0 Å². The average Bonchev–Trinajstić information content (AvgIpc) is 4.04. The molecule has 13 aromatic rings. The Hall–Kier alpha value is -8.32. The lowest BCUT2D eigenvalue weighted by atomic mass is 9.35.